The van der Waals surface area contributed by atoms with Gasteiger partial charge in [-0.2, -0.15) is 5.26 Å². The first-order chi connectivity index (χ1) is 9.43. The van der Waals surface area contributed by atoms with Crippen LogP contribution < -0.4 is 10.6 Å². The minimum Gasteiger partial charge on any atom is -0.508 e. The highest BCUT2D eigenvalue weighted by molar-refractivity contribution is 5.99. The van der Waals surface area contributed by atoms with Crippen LogP contribution in [0.4, 0.5) is 5.69 Å². The summed E-state index contributed by atoms with van der Waals surface area (Å²) < 4.78 is 0. The third-order valence-corrected chi connectivity index (χ3v) is 2.33. The van der Waals surface area contributed by atoms with E-state index in [0.29, 0.717) is 5.69 Å². The average Bonchev–Trinajstić information content (AvgIpc) is 2.41. The second-order valence-electron chi connectivity index (χ2n) is 3.89. The average molecular weight is 275 g/mol. The quantitative estimate of drug-likeness (QED) is 0.358. The summed E-state index contributed by atoms with van der Waals surface area (Å²) in [6.45, 7) is 1.29. The van der Waals surface area contributed by atoms with Crippen LogP contribution in [0, 0.1) is 11.3 Å². The lowest BCUT2D eigenvalue weighted by molar-refractivity contribution is -0.140. The van der Waals surface area contributed by atoms with Crippen LogP contribution >= 0.6 is 0 Å². The lowest BCUT2D eigenvalue weighted by Crippen LogP contribution is -2.39. The van der Waals surface area contributed by atoms with E-state index < -0.39 is 17.9 Å². The summed E-state index contributed by atoms with van der Waals surface area (Å²) >= 11 is 0. The number of phenols is 1. The molecule has 1 aromatic carbocycles. The van der Waals surface area contributed by atoms with E-state index >= 15 is 0 Å². The minimum absolute atomic E-state index is 0.0908. The number of carbonyl (C=O) groups excluding carboxylic acids is 1. The number of hydrogen-bond acceptors (Lipinski definition) is 5. The van der Waals surface area contributed by atoms with Crippen LogP contribution in [-0.4, -0.2) is 28.1 Å². The fraction of sp³-hybridized carbons (Fsp3) is 0.154. The van der Waals surface area contributed by atoms with Crippen molar-refractivity contribution in [3.8, 4) is 11.8 Å². The van der Waals surface area contributed by atoms with Gasteiger partial charge in [-0.05, 0) is 31.2 Å². The van der Waals surface area contributed by atoms with Crippen molar-refractivity contribution in [2.75, 3.05) is 5.32 Å². The summed E-state index contributed by atoms with van der Waals surface area (Å²) in [4.78, 5) is 22.2. The van der Waals surface area contributed by atoms with Crippen molar-refractivity contribution in [1.29, 1.82) is 5.26 Å². The van der Waals surface area contributed by atoms with E-state index in [1.54, 1.807) is 18.2 Å². The third-order valence-electron chi connectivity index (χ3n) is 2.33. The van der Waals surface area contributed by atoms with E-state index in [2.05, 4.69) is 10.6 Å². The summed E-state index contributed by atoms with van der Waals surface area (Å²) in [5.41, 5.74) is 0.306. The predicted molar refractivity (Wildman–Crippen MR) is 70.7 cm³/mol. The number of carboxylic acids is 1. The summed E-state index contributed by atoms with van der Waals surface area (Å²) in [6, 6.07) is 6.57. The van der Waals surface area contributed by atoms with Crippen molar-refractivity contribution in [3.63, 3.8) is 0 Å². The highest BCUT2D eigenvalue weighted by atomic mass is 16.4. The topological polar surface area (TPSA) is 122 Å². The van der Waals surface area contributed by atoms with Crippen molar-refractivity contribution < 1.29 is 19.8 Å². The van der Waals surface area contributed by atoms with Gasteiger partial charge in [0, 0.05) is 11.9 Å². The monoisotopic (exact) mass is 275 g/mol. The van der Waals surface area contributed by atoms with Gasteiger partial charge >= 0.3 is 5.97 Å². The number of nitrogens with zero attached hydrogens (tertiary/aromatic N) is 1. The summed E-state index contributed by atoms with van der Waals surface area (Å²) in [5.74, 6) is -1.89. The van der Waals surface area contributed by atoms with Gasteiger partial charge in [0.1, 0.15) is 23.4 Å². The minimum atomic E-state index is -1.19. The van der Waals surface area contributed by atoms with Crippen LogP contribution in [-0.2, 0) is 9.59 Å². The number of aromatic hydroxyl groups is 1. The first-order valence-electron chi connectivity index (χ1n) is 5.63. The molecule has 1 unspecified atom stereocenters. The molecule has 20 heavy (non-hydrogen) atoms. The van der Waals surface area contributed by atoms with Crippen LogP contribution in [0.15, 0.2) is 36.0 Å². The van der Waals surface area contributed by atoms with Crippen molar-refractivity contribution >= 4 is 17.6 Å². The molecule has 0 aromatic heterocycles. The first-order valence-corrected chi connectivity index (χ1v) is 5.63. The van der Waals surface area contributed by atoms with Gasteiger partial charge < -0.3 is 20.8 Å². The van der Waals surface area contributed by atoms with Gasteiger partial charge in [0.15, 0.2) is 0 Å². The second kappa shape index (κ2) is 6.80. The number of aliphatic carboxylic acids is 1. The largest absolute Gasteiger partial charge is 0.508 e. The zero-order valence-electron chi connectivity index (χ0n) is 10.6. The number of anilines is 1. The Balaban J connectivity index is 2.73. The van der Waals surface area contributed by atoms with Gasteiger partial charge in [0.25, 0.3) is 5.91 Å². The number of nitriles is 1. The molecule has 4 N–H and O–H groups in total. The molecule has 0 bridgehead atoms. The normalized spacial score (nSPS) is 12.1. The molecule has 0 heterocycles. The van der Waals surface area contributed by atoms with Gasteiger partial charge in [-0.25, -0.2) is 0 Å². The Kier molecular flexibility index (Phi) is 5.12. The Labute approximate surface area is 115 Å². The third kappa shape index (κ3) is 4.34. The Hall–Kier alpha value is -3.01. The number of phenolic OH excluding ortho intramolecular Hbond substituents is 1. The molecule has 0 radical (unpaired) electrons. The van der Waals surface area contributed by atoms with Gasteiger partial charge in [0.05, 0.1) is 0 Å². The highest BCUT2D eigenvalue weighted by Crippen LogP contribution is 2.13. The Morgan fingerprint density at radius 2 is 1.95 bits per heavy atom. The standard InChI is InChI=1S/C13H13N3O4/c1-8(13(19)20)16-12(18)9(6-14)7-15-10-2-4-11(17)5-3-10/h2-5,7-8,15,17H,1H3,(H,16,18)(H,19,20)/b9-7-. The van der Waals surface area contributed by atoms with E-state index in [0.717, 1.165) is 6.20 Å². The van der Waals surface area contributed by atoms with Crippen molar-refractivity contribution in [2.45, 2.75) is 13.0 Å². The molecule has 0 aliphatic rings. The molecule has 1 rings (SSSR count). The molecule has 0 saturated heterocycles. The molecule has 1 amide bonds. The maximum atomic E-state index is 11.6. The van der Waals surface area contributed by atoms with Crippen LogP contribution in [0.2, 0.25) is 0 Å². The molecule has 1 atom stereocenters. The highest BCUT2D eigenvalue weighted by Gasteiger charge is 2.16. The number of hydrogen-bond donors (Lipinski definition) is 4. The Morgan fingerprint density at radius 1 is 1.35 bits per heavy atom. The fourth-order valence-corrected chi connectivity index (χ4v) is 1.20. The lowest BCUT2D eigenvalue weighted by Gasteiger charge is -2.08. The zero-order chi connectivity index (χ0) is 15.1. The van der Waals surface area contributed by atoms with Crippen LogP contribution in [0.25, 0.3) is 0 Å². The maximum Gasteiger partial charge on any atom is 0.325 e. The number of nitrogens with one attached hydrogen (secondary N) is 2. The number of carbonyl (C=O) groups is 2. The number of carboxylic acid groups (broad SMARTS) is 1. The molecule has 7 heteroatoms. The van der Waals surface area contributed by atoms with E-state index in [4.69, 9.17) is 15.5 Å². The van der Waals surface area contributed by atoms with Gasteiger partial charge in [-0.1, -0.05) is 0 Å². The molecular formula is C13H13N3O4. The van der Waals surface area contributed by atoms with E-state index in [1.807, 2.05) is 0 Å². The number of benzene rings is 1. The molecule has 7 nitrogen and oxygen atoms in total. The molecule has 0 aliphatic heterocycles. The van der Waals surface area contributed by atoms with E-state index in [9.17, 15) is 9.59 Å². The van der Waals surface area contributed by atoms with Crippen molar-refractivity contribution in [3.05, 3.63) is 36.0 Å². The lowest BCUT2D eigenvalue weighted by atomic mass is 10.2. The summed E-state index contributed by atoms with van der Waals surface area (Å²) in [7, 11) is 0. The predicted octanol–water partition coefficient (Wildman–Crippen LogP) is 0.801. The first kappa shape index (κ1) is 15.0. The van der Waals surface area contributed by atoms with Crippen molar-refractivity contribution in [2.24, 2.45) is 0 Å². The zero-order valence-corrected chi connectivity index (χ0v) is 10.6. The molecule has 1 aromatic rings. The molecule has 0 aliphatic carbocycles. The van der Waals surface area contributed by atoms with Crippen molar-refractivity contribution in [1.82, 2.24) is 5.32 Å². The smallest absolute Gasteiger partial charge is 0.325 e. The number of rotatable bonds is 5. The molecular weight excluding hydrogens is 262 g/mol. The number of amides is 1. The molecule has 0 fully saturated rings. The van der Waals surface area contributed by atoms with Crippen LogP contribution in [0.5, 0.6) is 5.75 Å². The molecule has 0 spiro atoms. The summed E-state index contributed by atoms with van der Waals surface area (Å²) in [6.07, 6.45) is 1.16. The Bertz CT molecular complexity index is 572. The van der Waals surface area contributed by atoms with Gasteiger partial charge in [-0.15, -0.1) is 0 Å². The second-order valence-corrected chi connectivity index (χ2v) is 3.89. The van der Waals surface area contributed by atoms with Crippen LogP contribution in [0.3, 0.4) is 0 Å². The maximum absolute atomic E-state index is 11.6. The van der Waals surface area contributed by atoms with Gasteiger partial charge in [0.2, 0.25) is 0 Å². The molecule has 104 valence electrons. The van der Waals surface area contributed by atoms with E-state index in [-0.39, 0.29) is 11.3 Å². The Morgan fingerprint density at radius 3 is 2.45 bits per heavy atom. The summed E-state index contributed by atoms with van der Waals surface area (Å²) in [5, 5.41) is 31.5. The van der Waals surface area contributed by atoms with Crippen LogP contribution in [0.1, 0.15) is 6.92 Å². The molecule has 0 saturated carbocycles. The fourth-order valence-electron chi connectivity index (χ4n) is 1.20. The van der Waals surface area contributed by atoms with Gasteiger partial charge in [-0.3, -0.25) is 9.59 Å². The van der Waals surface area contributed by atoms with E-state index in [1.165, 1.54) is 19.1 Å². The SMILES string of the molecule is CC(NC(=O)/C(C#N)=C\Nc1ccc(O)cc1)C(=O)O.